The fraction of sp³-hybridized carbons (Fsp3) is 0.500. The quantitative estimate of drug-likeness (QED) is 0.236. The molecule has 15 nitrogen and oxygen atoms in total. The zero-order valence-corrected chi connectivity index (χ0v) is 27.0. The van der Waals surface area contributed by atoms with Crippen molar-refractivity contribution in [3.8, 4) is 5.75 Å². The molecule has 7 N–H and O–H groups in total. The fourth-order valence-electron chi connectivity index (χ4n) is 4.18. The summed E-state index contributed by atoms with van der Waals surface area (Å²) in [5.41, 5.74) is 6.04. The van der Waals surface area contributed by atoms with Crippen molar-refractivity contribution in [1.29, 1.82) is 0 Å². The van der Waals surface area contributed by atoms with Gasteiger partial charge >= 0.3 is 19.2 Å². The van der Waals surface area contributed by atoms with Crippen LogP contribution in [0.5, 0.6) is 5.75 Å². The van der Waals surface area contributed by atoms with E-state index in [0.29, 0.717) is 12.0 Å². The third-order valence-electron chi connectivity index (χ3n) is 7.55. The number of benzene rings is 1. The molecule has 19 heteroatoms. The minimum Gasteiger partial charge on any atom is -0.534 e. The second-order valence-electron chi connectivity index (χ2n) is 11.7. The molecule has 2 aliphatic rings. The first kappa shape index (κ1) is 33.0. The van der Waals surface area contributed by atoms with Crippen molar-refractivity contribution in [3.63, 3.8) is 0 Å². The minimum absolute atomic E-state index is 0.00957. The number of carboxylic acid groups (broad SMARTS) is 1. The molecule has 1 fully saturated rings. The van der Waals surface area contributed by atoms with Gasteiger partial charge < -0.3 is 35.1 Å². The van der Waals surface area contributed by atoms with Crippen molar-refractivity contribution in [1.82, 2.24) is 19.1 Å². The van der Waals surface area contributed by atoms with E-state index in [0.717, 1.165) is 20.1 Å². The fourth-order valence-corrected chi connectivity index (χ4v) is 7.80. The summed E-state index contributed by atoms with van der Waals surface area (Å²) in [6.45, 7) is 9.90. The van der Waals surface area contributed by atoms with Gasteiger partial charge in [-0.1, -0.05) is 37.4 Å². The number of para-hydroxylation sites is 1. The lowest BCUT2D eigenvalue weighted by molar-refractivity contribution is -0.131. The molecule has 43 heavy (non-hydrogen) atoms. The topological polar surface area (TPSA) is 217 Å². The molecule has 0 aliphatic carbocycles. The van der Waals surface area contributed by atoms with Crippen LogP contribution in [0, 0.1) is 0 Å². The van der Waals surface area contributed by atoms with E-state index in [1.54, 1.807) is 6.07 Å². The van der Waals surface area contributed by atoms with Gasteiger partial charge in [0.25, 0.3) is 5.91 Å². The number of fused-ring (bicyclic) bond motifs is 1. The van der Waals surface area contributed by atoms with Crippen molar-refractivity contribution in [2.45, 2.75) is 63.8 Å². The van der Waals surface area contributed by atoms with E-state index >= 15 is 0 Å². The lowest BCUT2D eigenvalue weighted by Crippen LogP contribution is -2.55. The molecule has 1 unspecified atom stereocenters. The van der Waals surface area contributed by atoms with Crippen molar-refractivity contribution in [2.75, 3.05) is 18.8 Å². The van der Waals surface area contributed by atoms with Crippen molar-refractivity contribution >= 4 is 60.8 Å². The Labute approximate surface area is 255 Å². The Kier molecular flexibility index (Phi) is 9.39. The Hall–Kier alpha value is -2.91. The highest BCUT2D eigenvalue weighted by atomic mass is 32.3. The first-order valence-electron chi connectivity index (χ1n) is 13.4. The van der Waals surface area contributed by atoms with Crippen LogP contribution in [0.4, 0.5) is 9.93 Å². The van der Waals surface area contributed by atoms with Gasteiger partial charge in [-0.3, -0.25) is 13.9 Å². The highest BCUT2D eigenvalue weighted by Gasteiger charge is 2.47. The van der Waals surface area contributed by atoms with Gasteiger partial charge in [-0.2, -0.15) is 4.31 Å². The van der Waals surface area contributed by atoms with Crippen molar-refractivity contribution in [2.24, 2.45) is 0 Å². The van der Waals surface area contributed by atoms with Gasteiger partial charge in [0.15, 0.2) is 5.13 Å². The number of hydrogen-bond donors (Lipinski definition) is 6. The Balaban J connectivity index is 1.54. The molecular weight excluding hydrogens is 621 g/mol. The smallest absolute Gasteiger partial charge is 0.534 e. The molecule has 1 saturated heterocycles. The van der Waals surface area contributed by atoms with Crippen LogP contribution in [-0.2, 0) is 20.5 Å². The van der Waals surface area contributed by atoms with Crippen LogP contribution in [-0.4, -0.2) is 85.4 Å². The van der Waals surface area contributed by atoms with E-state index in [-0.39, 0.29) is 46.7 Å². The summed E-state index contributed by atoms with van der Waals surface area (Å²) in [5.74, 6) is -3.20. The van der Waals surface area contributed by atoms with E-state index < -0.39 is 56.4 Å². The number of carbonyl (C=O) groups excluding carboxylic acids is 2. The summed E-state index contributed by atoms with van der Waals surface area (Å²) in [4.78, 5) is 42.5. The first-order valence-corrected chi connectivity index (χ1v) is 18.6. The summed E-state index contributed by atoms with van der Waals surface area (Å²) >= 11 is 0.998. The molecule has 1 aromatic heterocycles. The maximum Gasteiger partial charge on any atom is 0.547 e. The van der Waals surface area contributed by atoms with Gasteiger partial charge in [-0.15, -0.1) is 11.3 Å². The highest BCUT2D eigenvalue weighted by Crippen LogP contribution is 2.53. The van der Waals surface area contributed by atoms with Crippen LogP contribution in [0.25, 0.3) is 0 Å². The predicted octanol–water partition coefficient (Wildman–Crippen LogP) is 3.27. The van der Waals surface area contributed by atoms with E-state index in [1.165, 1.54) is 17.5 Å². The molecule has 0 saturated carbocycles. The summed E-state index contributed by atoms with van der Waals surface area (Å²) in [6.07, 6.45) is -2.54. The summed E-state index contributed by atoms with van der Waals surface area (Å²) in [6, 6.07) is 4.45. The molecule has 2 amide bonds. The van der Waals surface area contributed by atoms with E-state index in [4.69, 9.17) is 19.7 Å². The number of nitrogens with one attached hydrogen (secondary N) is 1. The Morgan fingerprint density at radius 2 is 1.98 bits per heavy atom. The number of anilines is 1. The standard InChI is InChI=1S/C24H36BN5O10S2Si/c1-24(2,3)43(4,5)40-30-11-7-10-29(42(30,36)37)23(34)38-19(16-13-41-22(26)27-16)20(31)28-17-12-14-8-6-9-15(21(32)33)18(14)39-25(17)35/h6,8-9,13,17,19,35-37H,7,10-12H2,1-5H3,(H2,26,27)(H,28,31)(H,32,33)/t17-,19?/m0/s1. The molecule has 2 aliphatic heterocycles. The van der Waals surface area contributed by atoms with Gasteiger partial charge in [0.05, 0.1) is 11.5 Å². The normalized spacial score (nSPS) is 20.4. The number of nitrogens with zero attached hydrogens (tertiary/aromatic N) is 3. The number of amides is 2. The molecule has 0 spiro atoms. The molecule has 3 heterocycles. The van der Waals surface area contributed by atoms with Crippen molar-refractivity contribution in [3.05, 3.63) is 40.4 Å². The molecule has 2 atom stereocenters. The SMILES string of the molecule is CC(C)(C)[Si](C)(C)ON1CCCN(C(=O)OC(C(=O)N[C@H]2Cc3cccc(C(=O)O)c3OB2O)c2csc(N)n2)S1(O)O. The van der Waals surface area contributed by atoms with E-state index in [9.17, 15) is 33.6 Å². The maximum atomic E-state index is 13.5. The third-order valence-corrected chi connectivity index (χ3v) is 14.4. The molecule has 2 aromatic rings. The second kappa shape index (κ2) is 12.2. The van der Waals surface area contributed by atoms with Gasteiger partial charge in [0.2, 0.25) is 14.4 Å². The largest absolute Gasteiger partial charge is 0.547 e. The number of carboxylic acids is 1. The number of thiazole rings is 1. The first-order chi connectivity index (χ1) is 19.9. The number of nitrogens with two attached hydrogens (primary N) is 1. The van der Waals surface area contributed by atoms with Crippen molar-refractivity contribution < 1.29 is 47.5 Å². The zero-order valence-electron chi connectivity index (χ0n) is 24.3. The number of rotatable bonds is 7. The lowest BCUT2D eigenvalue weighted by atomic mass is 9.72. The molecular formula is C24H36BN5O10S2Si. The van der Waals surface area contributed by atoms with Gasteiger partial charge in [0.1, 0.15) is 11.4 Å². The van der Waals surface area contributed by atoms with Gasteiger partial charge in [-0.05, 0) is 53.6 Å². The van der Waals surface area contributed by atoms with Crippen LogP contribution in [0.1, 0.15) is 54.9 Å². The maximum absolute atomic E-state index is 13.5. The highest BCUT2D eigenvalue weighted by molar-refractivity contribution is 8.20. The molecule has 4 rings (SSSR count). The molecule has 0 radical (unpaired) electrons. The summed E-state index contributed by atoms with van der Waals surface area (Å²) in [7, 11) is -8.10. The Morgan fingerprint density at radius 3 is 2.58 bits per heavy atom. The molecule has 236 valence electrons. The molecule has 0 bridgehead atoms. The number of aromatic carboxylic acids is 1. The minimum atomic E-state index is -3.96. The van der Waals surface area contributed by atoms with Crippen LogP contribution < -0.4 is 15.7 Å². The summed E-state index contributed by atoms with van der Waals surface area (Å²) in [5, 5.41) is 23.8. The lowest BCUT2D eigenvalue weighted by Gasteiger charge is -2.53. The van der Waals surface area contributed by atoms with Gasteiger partial charge in [0, 0.05) is 18.5 Å². The van der Waals surface area contributed by atoms with Crippen LogP contribution in [0.15, 0.2) is 23.6 Å². The number of ether oxygens (including phenoxy) is 1. The number of hydrogen-bond acceptors (Lipinski definition) is 13. The number of carbonyl (C=O) groups is 3. The zero-order chi connectivity index (χ0) is 31.9. The predicted molar refractivity (Wildman–Crippen MR) is 163 cm³/mol. The third kappa shape index (κ3) is 6.93. The monoisotopic (exact) mass is 657 g/mol. The van der Waals surface area contributed by atoms with Crippen LogP contribution in [0.3, 0.4) is 0 Å². The van der Waals surface area contributed by atoms with Gasteiger partial charge in [-0.25, -0.2) is 14.6 Å². The number of nitrogen functional groups attached to an aromatic ring is 1. The average molecular weight is 658 g/mol. The van der Waals surface area contributed by atoms with Crippen LogP contribution in [0.2, 0.25) is 18.1 Å². The summed E-state index contributed by atoms with van der Waals surface area (Å²) < 4.78 is 41.1. The van der Waals surface area contributed by atoms with E-state index in [1.807, 2.05) is 33.9 Å². The number of aromatic nitrogens is 1. The number of hydroxylamine groups is 1. The Morgan fingerprint density at radius 1 is 1.28 bits per heavy atom. The van der Waals surface area contributed by atoms with E-state index in [2.05, 4.69) is 10.3 Å². The van der Waals surface area contributed by atoms with Crippen LogP contribution >= 0.6 is 22.3 Å². The average Bonchev–Trinajstić information content (AvgIpc) is 3.33. The molecule has 1 aromatic carbocycles. The second-order valence-corrected chi connectivity index (χ2v) is 19.1. The Bertz CT molecular complexity index is 1390.